The Morgan fingerprint density at radius 1 is 1.35 bits per heavy atom. The summed E-state index contributed by atoms with van der Waals surface area (Å²) in [7, 11) is 0. The average molecular weight is 315 g/mol. The van der Waals surface area contributed by atoms with Crippen molar-refractivity contribution in [3.8, 4) is 0 Å². The van der Waals surface area contributed by atoms with Gasteiger partial charge in [0.15, 0.2) is 0 Å². The molecule has 0 aromatic carbocycles. The number of anilines is 1. The van der Waals surface area contributed by atoms with E-state index in [1.165, 1.54) is 37.7 Å². The first-order valence-electron chi connectivity index (χ1n) is 8.57. The number of esters is 1. The highest BCUT2D eigenvalue weighted by molar-refractivity contribution is 5.75. The second-order valence-electron chi connectivity index (χ2n) is 6.27. The van der Waals surface area contributed by atoms with Crippen LogP contribution in [0.2, 0.25) is 0 Å². The highest BCUT2D eigenvalue weighted by atomic mass is 16.5. The van der Waals surface area contributed by atoms with Crippen LogP contribution in [-0.4, -0.2) is 28.5 Å². The van der Waals surface area contributed by atoms with Gasteiger partial charge in [-0.3, -0.25) is 9.20 Å². The third-order valence-electron chi connectivity index (χ3n) is 4.49. The zero-order chi connectivity index (χ0) is 16.2. The number of carbonyl (C=O) groups excluding carboxylic acids is 1. The van der Waals surface area contributed by atoms with Crippen LogP contribution in [0.15, 0.2) is 18.3 Å². The number of carbonyl (C=O) groups is 1. The van der Waals surface area contributed by atoms with Crippen LogP contribution < -0.4 is 5.32 Å². The van der Waals surface area contributed by atoms with Crippen LogP contribution in [0.25, 0.3) is 5.65 Å². The molecule has 3 rings (SSSR count). The van der Waals surface area contributed by atoms with Crippen molar-refractivity contribution < 1.29 is 9.53 Å². The standard InChI is InChI=1S/C18H25N3O2/c1-3-23-16(22)11-19-18-17(14-7-5-4-6-8-14)20-15-10-9-13(2)12-21(15)18/h9-10,12,14,19H,3-8,11H2,1-2H3. The second kappa shape index (κ2) is 7.02. The number of rotatable bonds is 5. The molecule has 1 fully saturated rings. The van der Waals surface area contributed by atoms with Gasteiger partial charge in [0.1, 0.15) is 18.0 Å². The Morgan fingerprint density at radius 2 is 2.13 bits per heavy atom. The van der Waals surface area contributed by atoms with Crippen molar-refractivity contribution >= 4 is 17.4 Å². The predicted molar refractivity (Wildman–Crippen MR) is 90.9 cm³/mol. The first-order valence-corrected chi connectivity index (χ1v) is 8.57. The molecule has 0 amide bonds. The lowest BCUT2D eigenvalue weighted by molar-refractivity contribution is -0.140. The second-order valence-corrected chi connectivity index (χ2v) is 6.27. The van der Waals surface area contributed by atoms with Crippen LogP contribution in [-0.2, 0) is 9.53 Å². The van der Waals surface area contributed by atoms with Crippen molar-refractivity contribution in [2.75, 3.05) is 18.5 Å². The van der Waals surface area contributed by atoms with E-state index in [1.807, 2.05) is 13.0 Å². The summed E-state index contributed by atoms with van der Waals surface area (Å²) in [6.07, 6.45) is 8.26. The minimum Gasteiger partial charge on any atom is -0.465 e. The van der Waals surface area contributed by atoms with Crippen molar-refractivity contribution in [2.45, 2.75) is 51.9 Å². The van der Waals surface area contributed by atoms with Gasteiger partial charge in [-0.2, -0.15) is 0 Å². The first-order chi connectivity index (χ1) is 11.2. The molecule has 2 aromatic rings. The maximum Gasteiger partial charge on any atom is 0.325 e. The molecule has 124 valence electrons. The molecule has 2 aromatic heterocycles. The highest BCUT2D eigenvalue weighted by Crippen LogP contribution is 2.36. The molecule has 0 spiro atoms. The van der Waals surface area contributed by atoms with E-state index in [9.17, 15) is 4.79 Å². The van der Waals surface area contributed by atoms with E-state index < -0.39 is 0 Å². The van der Waals surface area contributed by atoms with Crippen molar-refractivity contribution in [1.82, 2.24) is 9.38 Å². The van der Waals surface area contributed by atoms with Crippen LogP contribution in [0, 0.1) is 6.92 Å². The summed E-state index contributed by atoms with van der Waals surface area (Å²) in [4.78, 5) is 16.6. The summed E-state index contributed by atoms with van der Waals surface area (Å²) in [5.41, 5.74) is 3.20. The number of imidazole rings is 1. The Bertz CT molecular complexity index is 687. The Labute approximate surface area is 137 Å². The van der Waals surface area contributed by atoms with Gasteiger partial charge in [-0.1, -0.05) is 25.3 Å². The Morgan fingerprint density at radius 3 is 2.87 bits per heavy atom. The van der Waals surface area contributed by atoms with E-state index in [0.29, 0.717) is 12.5 Å². The zero-order valence-corrected chi connectivity index (χ0v) is 14.0. The first kappa shape index (κ1) is 15.8. The summed E-state index contributed by atoms with van der Waals surface area (Å²) >= 11 is 0. The molecule has 1 saturated carbocycles. The predicted octanol–water partition coefficient (Wildman–Crippen LogP) is 3.67. The van der Waals surface area contributed by atoms with Gasteiger partial charge in [-0.25, -0.2) is 4.98 Å². The largest absolute Gasteiger partial charge is 0.465 e. The fourth-order valence-corrected chi connectivity index (χ4v) is 3.37. The third-order valence-corrected chi connectivity index (χ3v) is 4.49. The Balaban J connectivity index is 1.93. The molecular weight excluding hydrogens is 290 g/mol. The highest BCUT2D eigenvalue weighted by Gasteiger charge is 2.23. The molecule has 5 heteroatoms. The molecule has 1 aliphatic rings. The Kier molecular flexibility index (Phi) is 4.84. The van der Waals surface area contributed by atoms with E-state index in [2.05, 4.69) is 28.9 Å². The van der Waals surface area contributed by atoms with Crippen molar-refractivity contribution in [3.63, 3.8) is 0 Å². The molecule has 2 heterocycles. The number of pyridine rings is 1. The van der Waals surface area contributed by atoms with Gasteiger partial charge in [0, 0.05) is 12.1 Å². The van der Waals surface area contributed by atoms with E-state index >= 15 is 0 Å². The van der Waals surface area contributed by atoms with Gasteiger partial charge < -0.3 is 10.1 Å². The average Bonchev–Trinajstić information content (AvgIpc) is 2.92. The quantitative estimate of drug-likeness (QED) is 0.855. The van der Waals surface area contributed by atoms with Gasteiger partial charge in [-0.15, -0.1) is 0 Å². The molecular formula is C18H25N3O2. The van der Waals surface area contributed by atoms with Crippen LogP contribution in [0.4, 0.5) is 5.82 Å². The topological polar surface area (TPSA) is 55.6 Å². The van der Waals surface area contributed by atoms with Crippen molar-refractivity contribution in [3.05, 3.63) is 29.6 Å². The summed E-state index contributed by atoms with van der Waals surface area (Å²) in [5, 5.41) is 3.27. The van der Waals surface area contributed by atoms with E-state index in [-0.39, 0.29) is 12.5 Å². The lowest BCUT2D eigenvalue weighted by Gasteiger charge is -2.21. The smallest absolute Gasteiger partial charge is 0.325 e. The summed E-state index contributed by atoms with van der Waals surface area (Å²) < 4.78 is 7.10. The molecule has 0 unspecified atom stereocenters. The number of aryl methyl sites for hydroxylation is 1. The van der Waals surface area contributed by atoms with Crippen molar-refractivity contribution in [1.29, 1.82) is 0 Å². The van der Waals surface area contributed by atoms with Crippen LogP contribution >= 0.6 is 0 Å². The number of fused-ring (bicyclic) bond motifs is 1. The minimum absolute atomic E-state index is 0.176. The normalized spacial score (nSPS) is 15.7. The molecule has 0 saturated heterocycles. The van der Waals surface area contributed by atoms with Crippen LogP contribution in [0.3, 0.4) is 0 Å². The maximum absolute atomic E-state index is 11.7. The van der Waals surface area contributed by atoms with Gasteiger partial charge in [0.05, 0.1) is 12.3 Å². The molecule has 1 N–H and O–H groups in total. The molecule has 0 atom stereocenters. The molecule has 0 aliphatic heterocycles. The monoisotopic (exact) mass is 315 g/mol. The van der Waals surface area contributed by atoms with E-state index in [4.69, 9.17) is 9.72 Å². The SMILES string of the molecule is CCOC(=O)CNc1c(C2CCCCC2)nc2ccc(C)cn12. The lowest BCUT2D eigenvalue weighted by Crippen LogP contribution is -2.19. The lowest BCUT2D eigenvalue weighted by atomic mass is 9.87. The molecule has 23 heavy (non-hydrogen) atoms. The van der Waals surface area contributed by atoms with E-state index in [1.54, 1.807) is 0 Å². The Hall–Kier alpha value is -2.04. The number of nitrogens with one attached hydrogen (secondary N) is 1. The third kappa shape index (κ3) is 3.49. The van der Waals surface area contributed by atoms with Gasteiger partial charge in [0.25, 0.3) is 0 Å². The maximum atomic E-state index is 11.7. The molecule has 1 aliphatic carbocycles. The number of hydrogen-bond donors (Lipinski definition) is 1. The number of nitrogens with zero attached hydrogens (tertiary/aromatic N) is 2. The van der Waals surface area contributed by atoms with E-state index in [0.717, 1.165) is 17.2 Å². The molecule has 5 nitrogen and oxygen atoms in total. The summed E-state index contributed by atoms with van der Waals surface area (Å²) in [5.74, 6) is 1.20. The fourth-order valence-electron chi connectivity index (χ4n) is 3.37. The fraction of sp³-hybridized carbons (Fsp3) is 0.556. The molecule has 0 bridgehead atoms. The summed E-state index contributed by atoms with van der Waals surface area (Å²) in [6, 6.07) is 4.11. The van der Waals surface area contributed by atoms with Gasteiger partial charge >= 0.3 is 5.97 Å². The van der Waals surface area contributed by atoms with Gasteiger partial charge in [-0.05, 0) is 38.3 Å². The number of ether oxygens (including phenoxy) is 1. The molecule has 0 radical (unpaired) electrons. The zero-order valence-electron chi connectivity index (χ0n) is 14.0. The number of hydrogen-bond acceptors (Lipinski definition) is 4. The van der Waals surface area contributed by atoms with Crippen LogP contribution in [0.1, 0.15) is 56.2 Å². The summed E-state index contributed by atoms with van der Waals surface area (Å²) in [6.45, 7) is 4.47. The minimum atomic E-state index is -0.232. The van der Waals surface area contributed by atoms with Crippen molar-refractivity contribution in [2.24, 2.45) is 0 Å². The van der Waals surface area contributed by atoms with Gasteiger partial charge in [0.2, 0.25) is 0 Å². The van der Waals surface area contributed by atoms with Crippen LogP contribution in [0.5, 0.6) is 0 Å². The number of aromatic nitrogens is 2.